The van der Waals surface area contributed by atoms with Crippen LogP contribution in [0.5, 0.6) is 0 Å². The number of unbranched alkanes of at least 4 members (excludes halogenated alkanes) is 3. The molecule has 5 heteroatoms. The second kappa shape index (κ2) is 15.1. The lowest BCUT2D eigenvalue weighted by atomic mass is 9.77. The molecule has 1 fully saturated rings. The third kappa shape index (κ3) is 8.72. The van der Waals surface area contributed by atoms with Crippen molar-refractivity contribution in [2.24, 2.45) is 11.8 Å². The van der Waals surface area contributed by atoms with Crippen LogP contribution in [0.25, 0.3) is 0 Å². The molecule has 1 saturated heterocycles. The van der Waals surface area contributed by atoms with Crippen LogP contribution < -0.4 is 0 Å². The number of rotatable bonds is 15. The molecule has 2 aliphatic rings. The number of aliphatic hydroxyl groups is 1. The van der Waals surface area contributed by atoms with E-state index < -0.39 is 11.6 Å². The van der Waals surface area contributed by atoms with E-state index in [2.05, 4.69) is 31.2 Å². The van der Waals surface area contributed by atoms with Crippen molar-refractivity contribution >= 4 is 5.97 Å². The monoisotopic (exact) mass is 496 g/mol. The van der Waals surface area contributed by atoms with Crippen LogP contribution in [0.2, 0.25) is 0 Å². The fraction of sp³-hybridized carbons (Fsp3) is 0.581. The summed E-state index contributed by atoms with van der Waals surface area (Å²) in [5.74, 6) is -0.737. The maximum absolute atomic E-state index is 11.8. The first kappa shape index (κ1) is 28.4. The zero-order chi connectivity index (χ0) is 25.6. The van der Waals surface area contributed by atoms with E-state index in [0.717, 1.165) is 50.7 Å². The van der Waals surface area contributed by atoms with E-state index in [1.165, 1.54) is 12.8 Å². The zero-order valence-corrected chi connectivity index (χ0v) is 21.8. The summed E-state index contributed by atoms with van der Waals surface area (Å²) in [5.41, 5.74) is -0.153. The molecular formula is C31H44O5. The van der Waals surface area contributed by atoms with Gasteiger partial charge in [0, 0.05) is 24.9 Å². The first-order valence-electron chi connectivity index (χ1n) is 13.8. The molecule has 5 nitrogen and oxygen atoms in total. The highest BCUT2D eigenvalue weighted by Crippen LogP contribution is 2.45. The SMILES string of the molecule is CCCCC[C@@H](C=C[C@H]1C=C[C@@](O)(c2ccccc2)[C@@H]1CC=CCCCC(=O)O)OC1CCCCO1. The molecule has 1 aromatic carbocycles. The van der Waals surface area contributed by atoms with E-state index in [1.807, 2.05) is 42.5 Å². The van der Waals surface area contributed by atoms with Gasteiger partial charge >= 0.3 is 5.97 Å². The third-order valence-corrected chi connectivity index (χ3v) is 7.26. The van der Waals surface area contributed by atoms with Crippen LogP contribution in [0.3, 0.4) is 0 Å². The summed E-state index contributed by atoms with van der Waals surface area (Å²) in [4.78, 5) is 10.8. The van der Waals surface area contributed by atoms with Gasteiger partial charge < -0.3 is 19.7 Å². The Kier molecular flexibility index (Phi) is 11.9. The molecule has 5 atom stereocenters. The molecular weight excluding hydrogens is 452 g/mol. The molecule has 1 aromatic rings. The van der Waals surface area contributed by atoms with Crippen LogP contribution in [0.15, 0.2) is 66.8 Å². The van der Waals surface area contributed by atoms with Gasteiger partial charge in [-0.05, 0) is 50.5 Å². The number of benzene rings is 1. The highest BCUT2D eigenvalue weighted by Gasteiger charge is 2.42. The first-order chi connectivity index (χ1) is 17.5. The molecule has 3 rings (SSSR count). The minimum Gasteiger partial charge on any atom is -0.481 e. The molecule has 0 spiro atoms. The molecule has 198 valence electrons. The summed E-state index contributed by atoms with van der Waals surface area (Å²) in [5, 5.41) is 20.6. The number of ether oxygens (including phenoxy) is 2. The summed E-state index contributed by atoms with van der Waals surface area (Å²) in [6.07, 6.45) is 22.4. The minimum atomic E-state index is -1.05. The lowest BCUT2D eigenvalue weighted by Crippen LogP contribution is -2.32. The Morgan fingerprint density at radius 3 is 2.75 bits per heavy atom. The molecule has 2 N–H and O–H groups in total. The Labute approximate surface area is 216 Å². The van der Waals surface area contributed by atoms with Crippen LogP contribution in [0.1, 0.15) is 83.1 Å². The maximum Gasteiger partial charge on any atom is 0.303 e. The quantitative estimate of drug-likeness (QED) is 0.203. The van der Waals surface area contributed by atoms with E-state index in [-0.39, 0.29) is 30.7 Å². The van der Waals surface area contributed by atoms with Crippen molar-refractivity contribution < 1.29 is 24.5 Å². The van der Waals surface area contributed by atoms with Crippen molar-refractivity contribution in [1.29, 1.82) is 0 Å². The van der Waals surface area contributed by atoms with E-state index in [4.69, 9.17) is 14.6 Å². The van der Waals surface area contributed by atoms with E-state index >= 15 is 0 Å². The van der Waals surface area contributed by atoms with Crippen molar-refractivity contribution in [1.82, 2.24) is 0 Å². The predicted molar refractivity (Wildman–Crippen MR) is 143 cm³/mol. The smallest absolute Gasteiger partial charge is 0.303 e. The molecule has 1 aliphatic carbocycles. The van der Waals surface area contributed by atoms with E-state index in [1.54, 1.807) is 0 Å². The van der Waals surface area contributed by atoms with Gasteiger partial charge in [0.1, 0.15) is 5.60 Å². The number of carbonyl (C=O) groups is 1. The summed E-state index contributed by atoms with van der Waals surface area (Å²) >= 11 is 0. The standard InChI is InChI=1S/C31H44O5/c1-2-3-7-16-27(36-30-19-12-13-24-35-30)21-20-25-22-23-31(34,26-14-8-6-9-15-26)28(25)17-10-4-5-11-18-29(32)33/h4,6,8-10,14-15,20-23,25,27-28,30,34H,2-3,5,7,11-13,16-19,24H2,1H3,(H,32,33)/t25-,27-,28+,30?,31+/m0/s1. The van der Waals surface area contributed by atoms with Crippen LogP contribution in [0.4, 0.5) is 0 Å². The van der Waals surface area contributed by atoms with Crippen molar-refractivity contribution in [2.45, 2.75) is 95.5 Å². The highest BCUT2D eigenvalue weighted by molar-refractivity contribution is 5.66. The number of carboxylic acids is 1. The molecule has 1 heterocycles. The molecule has 1 aliphatic heterocycles. The summed E-state index contributed by atoms with van der Waals surface area (Å²) in [7, 11) is 0. The molecule has 1 unspecified atom stereocenters. The fourth-order valence-electron chi connectivity index (χ4n) is 5.16. The van der Waals surface area contributed by atoms with Crippen molar-refractivity contribution in [2.75, 3.05) is 6.61 Å². The van der Waals surface area contributed by atoms with Crippen LogP contribution >= 0.6 is 0 Å². The first-order valence-corrected chi connectivity index (χ1v) is 13.8. The van der Waals surface area contributed by atoms with Crippen LogP contribution in [-0.2, 0) is 19.9 Å². The second-order valence-corrected chi connectivity index (χ2v) is 10.1. The van der Waals surface area contributed by atoms with E-state index in [9.17, 15) is 9.90 Å². The Morgan fingerprint density at radius 1 is 1.19 bits per heavy atom. The van der Waals surface area contributed by atoms with Gasteiger partial charge in [-0.2, -0.15) is 0 Å². The van der Waals surface area contributed by atoms with E-state index in [0.29, 0.717) is 12.8 Å². The lowest BCUT2D eigenvalue weighted by molar-refractivity contribution is -0.179. The second-order valence-electron chi connectivity index (χ2n) is 10.1. The Balaban J connectivity index is 1.71. The topological polar surface area (TPSA) is 76.0 Å². The zero-order valence-electron chi connectivity index (χ0n) is 21.8. The summed E-state index contributed by atoms with van der Waals surface area (Å²) in [6.45, 7) is 2.98. The number of aliphatic carboxylic acids is 1. The van der Waals surface area contributed by atoms with Crippen molar-refractivity contribution in [3.05, 3.63) is 72.4 Å². The van der Waals surface area contributed by atoms with Gasteiger partial charge in [-0.25, -0.2) is 0 Å². The highest BCUT2D eigenvalue weighted by atomic mass is 16.7. The Morgan fingerprint density at radius 2 is 2.03 bits per heavy atom. The molecule has 0 bridgehead atoms. The van der Waals surface area contributed by atoms with Gasteiger partial charge in [0.2, 0.25) is 0 Å². The van der Waals surface area contributed by atoms with Crippen LogP contribution in [-0.4, -0.2) is 35.2 Å². The Bertz CT molecular complexity index is 855. The summed E-state index contributed by atoms with van der Waals surface area (Å²) < 4.78 is 12.2. The number of hydrogen-bond acceptors (Lipinski definition) is 4. The third-order valence-electron chi connectivity index (χ3n) is 7.26. The largest absolute Gasteiger partial charge is 0.481 e. The molecule has 36 heavy (non-hydrogen) atoms. The van der Waals surface area contributed by atoms with Gasteiger partial charge in [-0.3, -0.25) is 4.79 Å². The van der Waals surface area contributed by atoms with Crippen molar-refractivity contribution in [3.63, 3.8) is 0 Å². The molecule has 0 saturated carbocycles. The minimum absolute atomic E-state index is 0.00526. The average Bonchev–Trinajstić information content (AvgIpc) is 3.22. The average molecular weight is 497 g/mol. The maximum atomic E-state index is 11.8. The fourth-order valence-corrected chi connectivity index (χ4v) is 5.16. The van der Waals surface area contributed by atoms with Gasteiger partial charge in [-0.15, -0.1) is 0 Å². The van der Waals surface area contributed by atoms with Gasteiger partial charge in [0.15, 0.2) is 6.29 Å². The number of carboxylic acid groups (broad SMARTS) is 1. The lowest BCUT2D eigenvalue weighted by Gasteiger charge is -2.32. The molecule has 0 amide bonds. The molecule has 0 aromatic heterocycles. The van der Waals surface area contributed by atoms with Crippen molar-refractivity contribution in [3.8, 4) is 0 Å². The van der Waals surface area contributed by atoms with Gasteiger partial charge in [0.05, 0.1) is 6.10 Å². The number of allylic oxidation sites excluding steroid dienone is 4. The Hall–Kier alpha value is -2.21. The predicted octanol–water partition coefficient (Wildman–Crippen LogP) is 6.93. The number of hydrogen-bond donors (Lipinski definition) is 2. The summed E-state index contributed by atoms with van der Waals surface area (Å²) in [6, 6.07) is 9.86. The van der Waals surface area contributed by atoms with Crippen LogP contribution in [0, 0.1) is 11.8 Å². The van der Waals surface area contributed by atoms with Gasteiger partial charge in [0.25, 0.3) is 0 Å². The van der Waals surface area contributed by atoms with Gasteiger partial charge in [-0.1, -0.05) is 93.0 Å². The normalized spacial score (nSPS) is 27.2. The molecule has 0 radical (unpaired) electrons.